The van der Waals surface area contributed by atoms with Crippen LogP contribution in [-0.2, 0) is 16.1 Å². The fraction of sp³-hybridized carbons (Fsp3) is 0.292. The van der Waals surface area contributed by atoms with E-state index in [1.54, 1.807) is 38.4 Å². The van der Waals surface area contributed by atoms with Crippen LogP contribution in [0.15, 0.2) is 72.8 Å². The summed E-state index contributed by atoms with van der Waals surface area (Å²) in [6, 6.07) is 9.32. The van der Waals surface area contributed by atoms with Crippen LogP contribution in [0.1, 0.15) is 40.9 Å². The van der Waals surface area contributed by atoms with Gasteiger partial charge in [0, 0.05) is 19.5 Å². The van der Waals surface area contributed by atoms with Crippen molar-refractivity contribution in [2.45, 2.75) is 31.8 Å². The number of aryl methyl sites for hydroxylation is 1. The molecule has 3 heterocycles. The Hall–Kier alpha value is -3.61. The predicted octanol–water partition coefficient (Wildman–Crippen LogP) is 2.98. The highest BCUT2D eigenvalue weighted by Crippen LogP contribution is 2.36. The molecule has 0 spiro atoms. The largest absolute Gasteiger partial charge is 0.493 e. The number of fused-ring (bicyclic) bond motifs is 1. The van der Waals surface area contributed by atoms with Crippen LogP contribution in [0.4, 0.5) is 0 Å². The smallest absolute Gasteiger partial charge is 0.255 e. The van der Waals surface area contributed by atoms with Crippen molar-refractivity contribution in [3.63, 3.8) is 0 Å². The third-order valence-corrected chi connectivity index (χ3v) is 5.80. The molecular weight excluding hydrogens is 392 g/mol. The van der Waals surface area contributed by atoms with Crippen LogP contribution in [-0.4, -0.2) is 46.2 Å². The Labute approximate surface area is 181 Å². The van der Waals surface area contributed by atoms with E-state index in [-0.39, 0.29) is 24.3 Å². The predicted molar refractivity (Wildman–Crippen MR) is 117 cm³/mol. The number of nitrogens with zero attached hydrogens (tertiary/aromatic N) is 3. The maximum absolute atomic E-state index is 13.2. The zero-order valence-corrected chi connectivity index (χ0v) is 17.7. The van der Waals surface area contributed by atoms with Crippen molar-refractivity contribution < 1.29 is 14.3 Å². The van der Waals surface area contributed by atoms with E-state index in [0.29, 0.717) is 17.0 Å². The second-order valence-corrected chi connectivity index (χ2v) is 7.69. The first-order chi connectivity index (χ1) is 15.0. The quantitative estimate of drug-likeness (QED) is 0.758. The summed E-state index contributed by atoms with van der Waals surface area (Å²) in [5.41, 5.74) is 3.19. The van der Waals surface area contributed by atoms with Gasteiger partial charge >= 0.3 is 0 Å². The molecule has 1 aromatic carbocycles. The van der Waals surface area contributed by atoms with Gasteiger partial charge in [-0.05, 0) is 25.0 Å². The molecule has 1 aromatic heterocycles. The maximum Gasteiger partial charge on any atom is 0.255 e. The van der Waals surface area contributed by atoms with E-state index in [1.807, 2.05) is 22.9 Å². The summed E-state index contributed by atoms with van der Waals surface area (Å²) >= 11 is 0. The molecule has 160 valence electrons. The molecule has 2 amide bonds. The molecule has 0 radical (unpaired) electrons. The number of aromatic nitrogens is 2. The van der Waals surface area contributed by atoms with Crippen LogP contribution >= 0.6 is 0 Å². The van der Waals surface area contributed by atoms with E-state index in [1.165, 1.54) is 4.90 Å². The van der Waals surface area contributed by atoms with Gasteiger partial charge in [-0.25, -0.2) is 0 Å². The van der Waals surface area contributed by atoms with Crippen molar-refractivity contribution in [1.82, 2.24) is 20.0 Å². The van der Waals surface area contributed by atoms with Crippen LogP contribution < -0.4 is 5.32 Å². The summed E-state index contributed by atoms with van der Waals surface area (Å²) in [6.45, 7) is 6.29. The first-order valence-electron chi connectivity index (χ1n) is 10.3. The zero-order valence-electron chi connectivity index (χ0n) is 17.7. The first kappa shape index (κ1) is 20.7. The van der Waals surface area contributed by atoms with Crippen LogP contribution in [0.2, 0.25) is 0 Å². The van der Waals surface area contributed by atoms with Crippen molar-refractivity contribution in [2.75, 3.05) is 13.7 Å². The van der Waals surface area contributed by atoms with Gasteiger partial charge in [0.2, 0.25) is 0 Å². The highest BCUT2D eigenvalue weighted by molar-refractivity contribution is 5.99. The van der Waals surface area contributed by atoms with Gasteiger partial charge in [-0.15, -0.1) is 0 Å². The summed E-state index contributed by atoms with van der Waals surface area (Å²) in [7, 11) is 1.67. The SMILES string of the molecule is C=C/C=C\C1=C(C)OC[C@H](NC(=O)c2cnn3c2[C@@H](c2ccccc2)CC3)C(=O)N1C. The number of hydrogen-bond acceptors (Lipinski definition) is 4. The molecule has 2 aliphatic rings. The van der Waals surface area contributed by atoms with E-state index in [4.69, 9.17) is 4.74 Å². The van der Waals surface area contributed by atoms with Crippen LogP contribution in [0, 0.1) is 0 Å². The number of hydrogen-bond donors (Lipinski definition) is 1. The monoisotopic (exact) mass is 418 g/mol. The van der Waals surface area contributed by atoms with Gasteiger partial charge in [-0.2, -0.15) is 5.10 Å². The third-order valence-electron chi connectivity index (χ3n) is 5.80. The standard InChI is InChI=1S/C24H26N4O3/c1-4-5-11-21-16(2)31-15-20(24(30)27(21)3)26-23(29)19-14-25-28-13-12-18(22(19)28)17-9-7-6-8-10-17/h4-11,14,18,20H,1,12-13,15H2,2-3H3,(H,26,29)/b11-5-/t18-,20+/m1/s1. The Bertz CT molecular complexity index is 1070. The number of benzene rings is 1. The molecule has 0 unspecified atom stereocenters. The minimum absolute atomic E-state index is 0.0672. The zero-order chi connectivity index (χ0) is 22.0. The number of carbonyl (C=O) groups excluding carboxylic acids is 2. The lowest BCUT2D eigenvalue weighted by Gasteiger charge is -2.21. The van der Waals surface area contributed by atoms with Crippen molar-refractivity contribution in [3.8, 4) is 0 Å². The lowest BCUT2D eigenvalue weighted by atomic mass is 9.92. The van der Waals surface area contributed by atoms with Gasteiger partial charge < -0.3 is 15.0 Å². The van der Waals surface area contributed by atoms with Crippen molar-refractivity contribution in [1.29, 1.82) is 0 Å². The molecule has 0 bridgehead atoms. The summed E-state index contributed by atoms with van der Waals surface area (Å²) < 4.78 is 7.65. The van der Waals surface area contributed by atoms with E-state index < -0.39 is 6.04 Å². The Morgan fingerprint density at radius 3 is 2.84 bits per heavy atom. The Balaban J connectivity index is 1.55. The summed E-state index contributed by atoms with van der Waals surface area (Å²) in [4.78, 5) is 27.7. The summed E-state index contributed by atoms with van der Waals surface area (Å²) in [6.07, 6.45) is 7.62. The number of carbonyl (C=O) groups is 2. The Morgan fingerprint density at radius 1 is 1.32 bits per heavy atom. The average Bonchev–Trinajstić information content (AvgIpc) is 3.36. The minimum atomic E-state index is -0.797. The lowest BCUT2D eigenvalue weighted by Crippen LogP contribution is -2.48. The van der Waals surface area contributed by atoms with E-state index in [0.717, 1.165) is 24.2 Å². The first-order valence-corrected chi connectivity index (χ1v) is 10.3. The van der Waals surface area contributed by atoms with E-state index in [9.17, 15) is 9.59 Å². The summed E-state index contributed by atoms with van der Waals surface area (Å²) in [5, 5.41) is 7.26. The highest BCUT2D eigenvalue weighted by atomic mass is 16.5. The Kier molecular flexibility index (Phi) is 5.75. The fourth-order valence-electron chi connectivity index (χ4n) is 4.18. The number of likely N-dealkylation sites (N-methyl/N-ethyl adjacent to an activating group) is 1. The molecular formula is C24H26N4O3. The van der Waals surface area contributed by atoms with Crippen molar-refractivity contribution in [3.05, 3.63) is 89.6 Å². The number of ether oxygens (including phenoxy) is 1. The fourth-order valence-corrected chi connectivity index (χ4v) is 4.18. The highest BCUT2D eigenvalue weighted by Gasteiger charge is 2.34. The number of rotatable bonds is 5. The molecule has 1 N–H and O–H groups in total. The van der Waals surface area contributed by atoms with Crippen molar-refractivity contribution in [2.24, 2.45) is 0 Å². The summed E-state index contributed by atoms with van der Waals surface area (Å²) in [5.74, 6) is 0.161. The molecule has 2 atom stereocenters. The third kappa shape index (κ3) is 3.91. The molecule has 7 heteroatoms. The molecule has 0 aliphatic carbocycles. The van der Waals surface area contributed by atoms with Crippen LogP contribution in [0.5, 0.6) is 0 Å². The number of allylic oxidation sites excluding steroid dienone is 4. The molecule has 31 heavy (non-hydrogen) atoms. The van der Waals surface area contributed by atoms with Gasteiger partial charge in [-0.1, -0.05) is 49.1 Å². The molecule has 2 aliphatic heterocycles. The van der Waals surface area contributed by atoms with Gasteiger partial charge in [0.25, 0.3) is 11.8 Å². The van der Waals surface area contributed by atoms with Crippen LogP contribution in [0.25, 0.3) is 0 Å². The topological polar surface area (TPSA) is 76.5 Å². The second kappa shape index (κ2) is 8.63. The van der Waals surface area contributed by atoms with Gasteiger partial charge in [0.15, 0.2) is 0 Å². The number of nitrogens with one attached hydrogen (secondary N) is 1. The maximum atomic E-state index is 13.2. The lowest BCUT2D eigenvalue weighted by molar-refractivity contribution is -0.130. The average molecular weight is 418 g/mol. The molecule has 4 rings (SSSR count). The van der Waals surface area contributed by atoms with E-state index in [2.05, 4.69) is 29.1 Å². The Morgan fingerprint density at radius 2 is 2.10 bits per heavy atom. The molecule has 0 saturated carbocycles. The molecule has 2 aromatic rings. The molecule has 7 nitrogen and oxygen atoms in total. The molecule has 0 fully saturated rings. The minimum Gasteiger partial charge on any atom is -0.493 e. The van der Waals surface area contributed by atoms with Crippen molar-refractivity contribution >= 4 is 11.8 Å². The van der Waals surface area contributed by atoms with E-state index >= 15 is 0 Å². The van der Waals surface area contributed by atoms with Gasteiger partial charge in [-0.3, -0.25) is 14.3 Å². The number of amides is 2. The van der Waals surface area contributed by atoms with Gasteiger partial charge in [0.1, 0.15) is 18.4 Å². The second-order valence-electron chi connectivity index (χ2n) is 7.69. The molecule has 0 saturated heterocycles. The van der Waals surface area contributed by atoms with Gasteiger partial charge in [0.05, 0.1) is 23.2 Å². The van der Waals surface area contributed by atoms with Crippen LogP contribution in [0.3, 0.4) is 0 Å². The normalized spacial score (nSPS) is 21.1.